The summed E-state index contributed by atoms with van der Waals surface area (Å²) in [5.74, 6) is -0.761. The van der Waals surface area contributed by atoms with Crippen molar-refractivity contribution in [1.29, 1.82) is 0 Å². The van der Waals surface area contributed by atoms with Crippen LogP contribution in [-0.4, -0.2) is 11.9 Å². The molecule has 7 heteroatoms. The fraction of sp³-hybridized carbons (Fsp3) is 0.176. The number of halogens is 2. The van der Waals surface area contributed by atoms with Gasteiger partial charge in [-0.15, -0.1) is 0 Å². The molecule has 2 rings (SSSR count). The lowest BCUT2D eigenvalue weighted by atomic mass is 10.1. The largest absolute Gasteiger partial charge is 0.333 e. The molecule has 0 heterocycles. The summed E-state index contributed by atoms with van der Waals surface area (Å²) in [6.07, 6.45) is 0.0420. The Hall–Kier alpha value is -2.41. The number of rotatable bonds is 4. The molecule has 0 aliphatic rings. The molecular formula is C17H17BrFN3O2. The number of benzene rings is 2. The minimum Gasteiger partial charge on any atom is -0.330 e. The Labute approximate surface area is 147 Å². The predicted molar refractivity (Wildman–Crippen MR) is 92.5 cm³/mol. The van der Waals surface area contributed by atoms with Crippen molar-refractivity contribution in [2.45, 2.75) is 19.4 Å². The number of hydrogen-bond acceptors (Lipinski definition) is 2. The van der Waals surface area contributed by atoms with Crippen LogP contribution in [-0.2, 0) is 11.2 Å². The molecule has 3 N–H and O–H groups in total. The van der Waals surface area contributed by atoms with Gasteiger partial charge in [0.05, 0.1) is 12.5 Å². The van der Waals surface area contributed by atoms with Gasteiger partial charge in [-0.2, -0.15) is 0 Å². The van der Waals surface area contributed by atoms with Crippen LogP contribution in [0.5, 0.6) is 0 Å². The van der Waals surface area contributed by atoms with Crippen molar-refractivity contribution in [1.82, 2.24) is 16.2 Å². The van der Waals surface area contributed by atoms with Crippen molar-refractivity contribution >= 4 is 27.9 Å². The van der Waals surface area contributed by atoms with Gasteiger partial charge in [-0.3, -0.25) is 10.2 Å². The zero-order valence-electron chi connectivity index (χ0n) is 13.0. The van der Waals surface area contributed by atoms with Gasteiger partial charge in [-0.05, 0) is 36.2 Å². The molecule has 0 saturated heterocycles. The Balaban J connectivity index is 1.79. The van der Waals surface area contributed by atoms with E-state index in [4.69, 9.17) is 0 Å². The van der Waals surface area contributed by atoms with Crippen LogP contribution in [0, 0.1) is 5.82 Å². The summed E-state index contributed by atoms with van der Waals surface area (Å²) >= 11 is 3.42. The molecule has 0 radical (unpaired) electrons. The highest BCUT2D eigenvalue weighted by Crippen LogP contribution is 2.22. The van der Waals surface area contributed by atoms with Crippen LogP contribution >= 0.6 is 15.9 Å². The van der Waals surface area contributed by atoms with Crippen LogP contribution in [0.3, 0.4) is 0 Å². The number of carbonyl (C=O) groups is 2. The second-order valence-corrected chi connectivity index (χ2v) is 6.05. The Morgan fingerprint density at radius 3 is 2.42 bits per heavy atom. The molecule has 0 aromatic heterocycles. The third-order valence-electron chi connectivity index (χ3n) is 3.31. The number of hydrogen-bond donors (Lipinski definition) is 3. The first-order valence-corrected chi connectivity index (χ1v) is 8.09. The summed E-state index contributed by atoms with van der Waals surface area (Å²) in [4.78, 5) is 23.6. The van der Waals surface area contributed by atoms with Crippen LogP contribution in [0.15, 0.2) is 53.0 Å². The lowest BCUT2D eigenvalue weighted by Gasteiger charge is -2.16. The SMILES string of the molecule is C[C@@H](NC(=O)NNC(=O)Cc1ccc(F)cc1)c1ccccc1Br. The Kier molecular flexibility index (Phi) is 6.31. The van der Waals surface area contributed by atoms with E-state index in [1.807, 2.05) is 31.2 Å². The number of hydrazine groups is 1. The van der Waals surface area contributed by atoms with Gasteiger partial charge < -0.3 is 5.32 Å². The van der Waals surface area contributed by atoms with Crippen molar-refractivity contribution in [2.75, 3.05) is 0 Å². The first kappa shape index (κ1) is 17.9. The molecule has 126 valence electrons. The van der Waals surface area contributed by atoms with E-state index in [1.165, 1.54) is 24.3 Å². The van der Waals surface area contributed by atoms with Gasteiger partial charge in [0.2, 0.25) is 5.91 Å². The Morgan fingerprint density at radius 1 is 1.08 bits per heavy atom. The van der Waals surface area contributed by atoms with Gasteiger partial charge in [0.15, 0.2) is 0 Å². The van der Waals surface area contributed by atoms with Gasteiger partial charge >= 0.3 is 6.03 Å². The van der Waals surface area contributed by atoms with Gasteiger partial charge in [0, 0.05) is 4.47 Å². The van der Waals surface area contributed by atoms with E-state index in [1.54, 1.807) is 0 Å². The zero-order chi connectivity index (χ0) is 17.5. The molecular weight excluding hydrogens is 377 g/mol. The van der Waals surface area contributed by atoms with Crippen LogP contribution in [0.25, 0.3) is 0 Å². The third-order valence-corrected chi connectivity index (χ3v) is 4.03. The number of carbonyl (C=O) groups excluding carboxylic acids is 2. The van der Waals surface area contributed by atoms with Crippen molar-refractivity contribution in [3.63, 3.8) is 0 Å². The fourth-order valence-electron chi connectivity index (χ4n) is 2.10. The maximum absolute atomic E-state index is 12.8. The molecule has 0 aliphatic carbocycles. The lowest BCUT2D eigenvalue weighted by Crippen LogP contribution is -2.48. The van der Waals surface area contributed by atoms with Crippen molar-refractivity contribution in [2.24, 2.45) is 0 Å². The smallest absolute Gasteiger partial charge is 0.330 e. The topological polar surface area (TPSA) is 70.2 Å². The Morgan fingerprint density at radius 2 is 1.75 bits per heavy atom. The highest BCUT2D eigenvalue weighted by Gasteiger charge is 2.12. The second-order valence-electron chi connectivity index (χ2n) is 5.19. The summed E-state index contributed by atoms with van der Waals surface area (Å²) in [6, 6.07) is 12.4. The summed E-state index contributed by atoms with van der Waals surface area (Å²) in [6.45, 7) is 1.83. The maximum Gasteiger partial charge on any atom is 0.333 e. The average Bonchev–Trinajstić information content (AvgIpc) is 2.55. The average molecular weight is 394 g/mol. The molecule has 0 saturated carbocycles. The van der Waals surface area contributed by atoms with E-state index >= 15 is 0 Å². The van der Waals surface area contributed by atoms with Gasteiger partial charge in [0.1, 0.15) is 5.82 Å². The standard InChI is InChI=1S/C17H17BrFN3O2/c1-11(14-4-2-3-5-15(14)18)20-17(24)22-21-16(23)10-12-6-8-13(19)9-7-12/h2-9,11H,10H2,1H3,(H,21,23)(H2,20,22,24)/t11-/m1/s1. The molecule has 2 aromatic rings. The molecule has 0 unspecified atom stereocenters. The summed E-state index contributed by atoms with van der Waals surface area (Å²) in [7, 11) is 0. The van der Waals surface area contributed by atoms with E-state index in [0.717, 1.165) is 10.0 Å². The molecule has 0 fully saturated rings. The van der Waals surface area contributed by atoms with Crippen LogP contribution in [0.1, 0.15) is 24.1 Å². The highest BCUT2D eigenvalue weighted by atomic mass is 79.9. The van der Waals surface area contributed by atoms with E-state index in [9.17, 15) is 14.0 Å². The molecule has 1 atom stereocenters. The van der Waals surface area contributed by atoms with Crippen LogP contribution in [0.2, 0.25) is 0 Å². The maximum atomic E-state index is 12.8. The molecule has 0 bridgehead atoms. The second kappa shape index (κ2) is 8.44. The third kappa shape index (κ3) is 5.34. The minimum atomic E-state index is -0.522. The monoisotopic (exact) mass is 393 g/mol. The van der Waals surface area contributed by atoms with E-state index in [2.05, 4.69) is 32.1 Å². The Bertz CT molecular complexity index is 722. The minimum absolute atomic E-state index is 0.0420. The van der Waals surface area contributed by atoms with Crippen LogP contribution in [0.4, 0.5) is 9.18 Å². The molecule has 2 aromatic carbocycles. The van der Waals surface area contributed by atoms with E-state index in [-0.39, 0.29) is 18.3 Å². The molecule has 24 heavy (non-hydrogen) atoms. The fourth-order valence-corrected chi connectivity index (χ4v) is 2.72. The predicted octanol–water partition coefficient (Wildman–Crippen LogP) is 3.22. The zero-order valence-corrected chi connectivity index (χ0v) is 14.6. The lowest BCUT2D eigenvalue weighted by molar-refractivity contribution is -0.121. The number of urea groups is 1. The molecule has 0 aliphatic heterocycles. The summed E-state index contributed by atoms with van der Waals surface area (Å²) in [5, 5.41) is 2.72. The molecule has 3 amide bonds. The van der Waals surface area contributed by atoms with E-state index < -0.39 is 11.9 Å². The number of amides is 3. The first-order valence-electron chi connectivity index (χ1n) is 7.30. The summed E-state index contributed by atoms with van der Waals surface area (Å²) < 4.78 is 13.7. The first-order chi connectivity index (χ1) is 11.5. The van der Waals surface area contributed by atoms with Gasteiger partial charge in [0.25, 0.3) is 0 Å². The molecule has 0 spiro atoms. The number of nitrogens with one attached hydrogen (secondary N) is 3. The van der Waals surface area contributed by atoms with Crippen LogP contribution < -0.4 is 16.2 Å². The van der Waals surface area contributed by atoms with Crippen molar-refractivity contribution < 1.29 is 14.0 Å². The summed E-state index contributed by atoms with van der Waals surface area (Å²) in [5.41, 5.74) is 6.18. The highest BCUT2D eigenvalue weighted by molar-refractivity contribution is 9.10. The van der Waals surface area contributed by atoms with Crippen molar-refractivity contribution in [3.05, 3.63) is 69.9 Å². The van der Waals surface area contributed by atoms with Gasteiger partial charge in [-0.25, -0.2) is 14.6 Å². The van der Waals surface area contributed by atoms with Crippen molar-refractivity contribution in [3.8, 4) is 0 Å². The normalized spacial score (nSPS) is 11.5. The quantitative estimate of drug-likeness (QED) is 0.697. The molecule has 5 nitrogen and oxygen atoms in total. The van der Waals surface area contributed by atoms with Gasteiger partial charge in [-0.1, -0.05) is 46.3 Å². The van der Waals surface area contributed by atoms with E-state index in [0.29, 0.717) is 5.56 Å².